The molecule has 1 aliphatic rings. The normalized spacial score (nSPS) is 20.1. The molecule has 1 fully saturated rings. The van der Waals surface area contributed by atoms with Gasteiger partial charge in [-0.2, -0.15) is 4.98 Å². The molecule has 0 saturated carbocycles. The molecule has 0 bridgehead atoms. The first-order valence-corrected chi connectivity index (χ1v) is 8.52. The number of likely N-dealkylation sites (tertiary alicyclic amines) is 1. The molecule has 2 atom stereocenters. The first-order valence-electron chi connectivity index (χ1n) is 8.52. The monoisotopic (exact) mass is 368 g/mol. The van der Waals surface area contributed by atoms with Gasteiger partial charge in [-0.15, -0.1) is 0 Å². The number of nitrogens with zero attached hydrogens (tertiary/aromatic N) is 5. The van der Waals surface area contributed by atoms with Crippen LogP contribution >= 0.6 is 0 Å². The number of aliphatic hydroxyl groups excluding tert-OH is 1. The second-order valence-electron chi connectivity index (χ2n) is 6.44. The van der Waals surface area contributed by atoms with Crippen molar-refractivity contribution in [3.8, 4) is 11.4 Å². The summed E-state index contributed by atoms with van der Waals surface area (Å²) >= 11 is 0. The molecule has 3 heterocycles. The molecule has 0 aliphatic carbocycles. The highest BCUT2D eigenvalue weighted by atomic mass is 16.8. The number of hydrogen-bond donors (Lipinski definition) is 2. The van der Waals surface area contributed by atoms with Crippen LogP contribution in [0.3, 0.4) is 0 Å². The molecule has 9 nitrogen and oxygen atoms in total. The Labute approximate surface area is 155 Å². The topological polar surface area (TPSA) is 122 Å². The van der Waals surface area contributed by atoms with Crippen molar-refractivity contribution in [1.82, 2.24) is 20.0 Å². The van der Waals surface area contributed by atoms with Gasteiger partial charge in [-0.05, 0) is 30.7 Å². The molecular weight excluding hydrogens is 350 g/mol. The summed E-state index contributed by atoms with van der Waals surface area (Å²) in [4.78, 5) is 10.8. The van der Waals surface area contributed by atoms with E-state index in [1.54, 1.807) is 18.3 Å². The van der Waals surface area contributed by atoms with Crippen molar-refractivity contribution in [1.29, 1.82) is 0 Å². The van der Waals surface area contributed by atoms with E-state index in [0.717, 1.165) is 5.69 Å². The maximum Gasteiger partial charge on any atom is 0.244 e. The van der Waals surface area contributed by atoms with Gasteiger partial charge in [0.15, 0.2) is 0 Å². The number of rotatable bonds is 5. The summed E-state index contributed by atoms with van der Waals surface area (Å²) in [6.07, 6.45) is 1.73. The van der Waals surface area contributed by atoms with Crippen molar-refractivity contribution >= 4 is 5.69 Å². The van der Waals surface area contributed by atoms with Gasteiger partial charge in [-0.1, -0.05) is 23.4 Å². The van der Waals surface area contributed by atoms with Crippen molar-refractivity contribution in [3.05, 3.63) is 65.5 Å². The SMILES string of the molecule is [O-]N(O)c1cccc(-c2noc(C3CC(O)CN3Cc3ccccn3)n2)c1. The van der Waals surface area contributed by atoms with Gasteiger partial charge in [0, 0.05) is 24.8 Å². The van der Waals surface area contributed by atoms with E-state index in [1.807, 2.05) is 23.1 Å². The minimum Gasteiger partial charge on any atom is -0.733 e. The fourth-order valence-corrected chi connectivity index (χ4v) is 3.26. The molecule has 140 valence electrons. The lowest BCUT2D eigenvalue weighted by atomic mass is 10.2. The van der Waals surface area contributed by atoms with Crippen LogP contribution in [-0.4, -0.2) is 43.0 Å². The van der Waals surface area contributed by atoms with E-state index >= 15 is 0 Å². The van der Waals surface area contributed by atoms with E-state index in [1.165, 1.54) is 12.1 Å². The smallest absolute Gasteiger partial charge is 0.244 e. The quantitative estimate of drug-likeness (QED) is 0.652. The molecule has 0 radical (unpaired) electrons. The van der Waals surface area contributed by atoms with E-state index in [2.05, 4.69) is 15.1 Å². The lowest BCUT2D eigenvalue weighted by Crippen LogP contribution is -2.25. The van der Waals surface area contributed by atoms with Gasteiger partial charge in [-0.25, -0.2) is 0 Å². The zero-order valence-corrected chi connectivity index (χ0v) is 14.3. The molecule has 1 aromatic carbocycles. The average molecular weight is 368 g/mol. The number of β-amino-alcohol motifs (C(OH)–C–C–N with tert-alkyl or cyclic N) is 1. The number of aliphatic hydroxyl groups is 1. The van der Waals surface area contributed by atoms with Crippen molar-refractivity contribution in [2.45, 2.75) is 25.1 Å². The summed E-state index contributed by atoms with van der Waals surface area (Å²) in [5.74, 6) is 0.707. The van der Waals surface area contributed by atoms with Crippen molar-refractivity contribution < 1.29 is 14.8 Å². The van der Waals surface area contributed by atoms with Crippen molar-refractivity contribution in [3.63, 3.8) is 0 Å². The molecule has 27 heavy (non-hydrogen) atoms. The summed E-state index contributed by atoms with van der Waals surface area (Å²) in [7, 11) is 0. The first kappa shape index (κ1) is 17.6. The van der Waals surface area contributed by atoms with E-state index in [9.17, 15) is 10.3 Å². The van der Waals surface area contributed by atoms with Crippen LogP contribution in [0.2, 0.25) is 0 Å². The minimum atomic E-state index is -0.485. The first-order chi connectivity index (χ1) is 13.1. The second kappa shape index (κ2) is 7.41. The fourth-order valence-electron chi connectivity index (χ4n) is 3.26. The standard InChI is InChI=1S/C18H18N5O4/c24-15-9-16(22(11-15)10-13-5-1-2-7-19-13)18-20-17(21-27-18)12-4-3-6-14(8-12)23(25)26/h1-8,15-16,24-25H,9-11H2/q-1. The highest BCUT2D eigenvalue weighted by molar-refractivity contribution is 5.62. The third-order valence-corrected chi connectivity index (χ3v) is 4.52. The van der Waals surface area contributed by atoms with Crippen LogP contribution in [0.4, 0.5) is 5.69 Å². The Kier molecular flexibility index (Phi) is 4.82. The summed E-state index contributed by atoms with van der Waals surface area (Å²) < 4.78 is 5.43. The van der Waals surface area contributed by atoms with Crippen LogP contribution in [0.5, 0.6) is 0 Å². The molecule has 4 rings (SSSR count). The second-order valence-corrected chi connectivity index (χ2v) is 6.44. The zero-order chi connectivity index (χ0) is 18.8. The number of pyridine rings is 1. The largest absolute Gasteiger partial charge is 0.733 e. The van der Waals surface area contributed by atoms with E-state index in [-0.39, 0.29) is 17.0 Å². The Morgan fingerprint density at radius 2 is 2.15 bits per heavy atom. The molecule has 1 aliphatic heterocycles. The van der Waals surface area contributed by atoms with Crippen LogP contribution in [0.25, 0.3) is 11.4 Å². The predicted octanol–water partition coefficient (Wildman–Crippen LogP) is 2.13. The number of aromatic nitrogens is 3. The average Bonchev–Trinajstić information content (AvgIpc) is 3.29. The number of hydrogen-bond acceptors (Lipinski definition) is 9. The van der Waals surface area contributed by atoms with Crippen LogP contribution in [0.15, 0.2) is 53.2 Å². The third-order valence-electron chi connectivity index (χ3n) is 4.52. The van der Waals surface area contributed by atoms with Crippen molar-refractivity contribution in [2.24, 2.45) is 0 Å². The molecule has 0 amide bonds. The summed E-state index contributed by atoms with van der Waals surface area (Å²) in [5.41, 5.74) is 1.52. The molecule has 3 aromatic rings. The molecule has 2 N–H and O–H groups in total. The molecule has 1 saturated heterocycles. The highest BCUT2D eigenvalue weighted by Crippen LogP contribution is 2.33. The lowest BCUT2D eigenvalue weighted by molar-refractivity contribution is 0.168. The maximum atomic E-state index is 11.1. The van der Waals surface area contributed by atoms with E-state index in [0.29, 0.717) is 36.8 Å². The molecule has 2 aromatic heterocycles. The zero-order valence-electron chi connectivity index (χ0n) is 14.3. The maximum absolute atomic E-state index is 11.1. The molecule has 0 spiro atoms. The molecule has 9 heteroatoms. The Morgan fingerprint density at radius 3 is 2.93 bits per heavy atom. The van der Waals surface area contributed by atoms with Crippen molar-refractivity contribution in [2.75, 3.05) is 11.8 Å². The highest BCUT2D eigenvalue weighted by Gasteiger charge is 2.36. The van der Waals surface area contributed by atoms with Gasteiger partial charge >= 0.3 is 0 Å². The number of anilines is 1. The van der Waals surface area contributed by atoms with Crippen LogP contribution in [0, 0.1) is 5.21 Å². The van der Waals surface area contributed by atoms with Crippen LogP contribution in [-0.2, 0) is 6.54 Å². The Bertz CT molecular complexity index is 902. The Morgan fingerprint density at radius 1 is 1.26 bits per heavy atom. The lowest BCUT2D eigenvalue weighted by Gasteiger charge is -2.21. The number of benzene rings is 1. The van der Waals surface area contributed by atoms with Crippen LogP contribution in [0.1, 0.15) is 24.0 Å². The van der Waals surface area contributed by atoms with Gasteiger partial charge in [0.05, 0.1) is 23.5 Å². The third kappa shape index (κ3) is 3.81. The summed E-state index contributed by atoms with van der Waals surface area (Å²) in [6.45, 7) is 1.05. The van der Waals surface area contributed by atoms with Gasteiger partial charge < -0.3 is 20.1 Å². The Balaban J connectivity index is 1.57. The van der Waals surface area contributed by atoms with Gasteiger partial charge in [-0.3, -0.25) is 15.1 Å². The van der Waals surface area contributed by atoms with Gasteiger partial charge in [0.25, 0.3) is 0 Å². The molecular formula is C18H18N5O4-. The van der Waals surface area contributed by atoms with E-state index < -0.39 is 6.10 Å². The fraction of sp³-hybridized carbons (Fsp3) is 0.278. The van der Waals surface area contributed by atoms with Gasteiger partial charge in [0.2, 0.25) is 11.7 Å². The summed E-state index contributed by atoms with van der Waals surface area (Å²) in [5, 5.41) is 34.0. The predicted molar refractivity (Wildman–Crippen MR) is 95.4 cm³/mol. The van der Waals surface area contributed by atoms with E-state index in [4.69, 9.17) is 9.73 Å². The minimum absolute atomic E-state index is 0.0758. The Hall–Kier alpha value is -2.85. The van der Waals surface area contributed by atoms with Crippen LogP contribution < -0.4 is 5.23 Å². The van der Waals surface area contributed by atoms with Gasteiger partial charge in [0.1, 0.15) is 0 Å². The molecule has 2 unspecified atom stereocenters. The summed E-state index contributed by atoms with van der Waals surface area (Å²) in [6, 6.07) is 11.8.